The number of hydrogen-bond acceptors (Lipinski definition) is 5. The van der Waals surface area contributed by atoms with E-state index < -0.39 is 18.1 Å². The zero-order valence-corrected chi connectivity index (χ0v) is 18.3. The SMILES string of the molecule is COc1ccc(C2C3C(=O)N(c4ccc(C)cc4)C(=O)C3ON2c2ccc(Cl)cc2)cc1. The number of benzene rings is 3. The van der Waals surface area contributed by atoms with E-state index >= 15 is 0 Å². The lowest BCUT2D eigenvalue weighted by atomic mass is 9.90. The van der Waals surface area contributed by atoms with Crippen molar-refractivity contribution >= 4 is 34.8 Å². The van der Waals surface area contributed by atoms with E-state index in [4.69, 9.17) is 21.2 Å². The Morgan fingerprint density at radius 2 is 1.47 bits per heavy atom. The molecule has 32 heavy (non-hydrogen) atoms. The number of hydrogen-bond donors (Lipinski definition) is 0. The van der Waals surface area contributed by atoms with Crippen LogP contribution in [-0.4, -0.2) is 25.0 Å². The maximum atomic E-state index is 13.6. The fourth-order valence-corrected chi connectivity index (χ4v) is 4.44. The summed E-state index contributed by atoms with van der Waals surface area (Å²) in [6.45, 7) is 1.96. The van der Waals surface area contributed by atoms with Crippen molar-refractivity contribution < 1.29 is 19.2 Å². The summed E-state index contributed by atoms with van der Waals surface area (Å²) in [6.07, 6.45) is -0.911. The van der Waals surface area contributed by atoms with Crippen molar-refractivity contribution in [1.82, 2.24) is 0 Å². The Hall–Kier alpha value is -3.35. The third-order valence-corrected chi connectivity index (χ3v) is 6.20. The van der Waals surface area contributed by atoms with E-state index in [0.717, 1.165) is 11.1 Å². The standard InChI is InChI=1S/C25H21ClN2O4/c1-15-3-9-18(10-4-15)27-24(29)21-22(16-5-13-20(31-2)14-6-16)28(32-23(21)25(27)30)19-11-7-17(26)8-12-19/h3-14,21-23H,1-2H3. The van der Waals surface area contributed by atoms with Crippen molar-refractivity contribution in [2.45, 2.75) is 19.1 Å². The Kier molecular flexibility index (Phi) is 5.12. The maximum Gasteiger partial charge on any atom is 0.266 e. The van der Waals surface area contributed by atoms with Gasteiger partial charge in [0.1, 0.15) is 11.7 Å². The summed E-state index contributed by atoms with van der Waals surface area (Å²) in [5, 5.41) is 2.24. The first kappa shape index (κ1) is 20.5. The molecule has 5 rings (SSSR count). The molecule has 0 radical (unpaired) electrons. The molecule has 3 atom stereocenters. The minimum Gasteiger partial charge on any atom is -0.497 e. The van der Waals surface area contributed by atoms with Crippen LogP contribution >= 0.6 is 11.6 Å². The second-order valence-corrected chi connectivity index (χ2v) is 8.36. The summed E-state index contributed by atoms with van der Waals surface area (Å²) in [5.41, 5.74) is 3.16. The van der Waals surface area contributed by atoms with Gasteiger partial charge < -0.3 is 4.74 Å². The molecule has 2 saturated heterocycles. The summed E-state index contributed by atoms with van der Waals surface area (Å²) in [6, 6.07) is 21.4. The van der Waals surface area contributed by atoms with Crippen LogP contribution in [0.3, 0.4) is 0 Å². The summed E-state index contributed by atoms with van der Waals surface area (Å²) in [4.78, 5) is 34.3. The van der Waals surface area contributed by atoms with Gasteiger partial charge in [0.15, 0.2) is 6.10 Å². The lowest BCUT2D eigenvalue weighted by Gasteiger charge is -2.29. The summed E-state index contributed by atoms with van der Waals surface area (Å²) in [5.74, 6) is -0.620. The van der Waals surface area contributed by atoms with E-state index in [9.17, 15) is 9.59 Å². The van der Waals surface area contributed by atoms with Crippen molar-refractivity contribution in [1.29, 1.82) is 0 Å². The molecule has 2 amide bonds. The maximum absolute atomic E-state index is 13.6. The number of aryl methyl sites for hydroxylation is 1. The molecule has 162 valence electrons. The number of imide groups is 1. The highest BCUT2D eigenvalue weighted by Crippen LogP contribution is 2.47. The Bertz CT molecular complexity index is 1160. The number of rotatable bonds is 4. The number of carbonyl (C=O) groups is 2. The Balaban J connectivity index is 1.57. The molecule has 3 aromatic carbocycles. The first-order valence-corrected chi connectivity index (χ1v) is 10.7. The number of amides is 2. The van der Waals surface area contributed by atoms with Crippen LogP contribution in [0.25, 0.3) is 0 Å². The number of hydroxylamine groups is 1. The van der Waals surface area contributed by atoms with Crippen LogP contribution in [0.1, 0.15) is 17.2 Å². The van der Waals surface area contributed by atoms with Gasteiger partial charge in [-0.3, -0.25) is 14.4 Å². The predicted octanol–water partition coefficient (Wildman–Crippen LogP) is 4.71. The fourth-order valence-electron chi connectivity index (χ4n) is 4.31. The molecule has 2 fully saturated rings. The minimum atomic E-state index is -0.911. The van der Waals surface area contributed by atoms with Crippen LogP contribution in [0.15, 0.2) is 72.8 Å². The smallest absolute Gasteiger partial charge is 0.266 e. The van der Waals surface area contributed by atoms with Gasteiger partial charge in [-0.25, -0.2) is 9.96 Å². The molecule has 3 unspecified atom stereocenters. The van der Waals surface area contributed by atoms with Gasteiger partial charge in [-0.1, -0.05) is 41.4 Å². The van der Waals surface area contributed by atoms with E-state index in [0.29, 0.717) is 22.1 Å². The second kappa shape index (κ2) is 7.97. The molecular weight excluding hydrogens is 428 g/mol. The third-order valence-electron chi connectivity index (χ3n) is 5.95. The van der Waals surface area contributed by atoms with E-state index in [1.54, 1.807) is 36.4 Å². The van der Waals surface area contributed by atoms with Gasteiger partial charge in [0.2, 0.25) is 5.91 Å². The third kappa shape index (κ3) is 3.32. The molecule has 0 bridgehead atoms. The molecule has 2 heterocycles. The zero-order chi connectivity index (χ0) is 22.4. The molecule has 2 aliphatic heterocycles. The van der Waals surface area contributed by atoms with E-state index in [1.165, 1.54) is 4.90 Å². The quantitative estimate of drug-likeness (QED) is 0.541. The van der Waals surface area contributed by atoms with Crippen molar-refractivity contribution in [2.24, 2.45) is 5.92 Å². The normalized spacial score (nSPS) is 22.4. The number of anilines is 2. The molecule has 6 nitrogen and oxygen atoms in total. The Labute approximate surface area is 190 Å². The molecule has 0 aromatic heterocycles. The van der Waals surface area contributed by atoms with Crippen molar-refractivity contribution in [3.05, 3.63) is 88.9 Å². The number of fused-ring (bicyclic) bond motifs is 1. The number of carbonyl (C=O) groups excluding carboxylic acids is 2. The topological polar surface area (TPSA) is 59.1 Å². The average molecular weight is 449 g/mol. The van der Waals surface area contributed by atoms with Gasteiger partial charge in [0, 0.05) is 5.02 Å². The predicted molar refractivity (Wildman–Crippen MR) is 122 cm³/mol. The van der Waals surface area contributed by atoms with Crippen molar-refractivity contribution in [2.75, 3.05) is 17.1 Å². The average Bonchev–Trinajstić information content (AvgIpc) is 3.31. The number of halogens is 1. The molecule has 0 spiro atoms. The second-order valence-electron chi connectivity index (χ2n) is 7.92. The first-order chi connectivity index (χ1) is 15.5. The molecule has 2 aliphatic rings. The lowest BCUT2D eigenvalue weighted by molar-refractivity contribution is -0.126. The van der Waals surface area contributed by atoms with Gasteiger partial charge >= 0.3 is 0 Å². The monoisotopic (exact) mass is 448 g/mol. The highest BCUT2D eigenvalue weighted by atomic mass is 35.5. The van der Waals surface area contributed by atoms with Crippen LogP contribution in [0.2, 0.25) is 5.02 Å². The first-order valence-electron chi connectivity index (χ1n) is 10.3. The van der Waals surface area contributed by atoms with Gasteiger partial charge in [-0.2, -0.15) is 0 Å². The van der Waals surface area contributed by atoms with E-state index in [-0.39, 0.29) is 11.8 Å². The summed E-state index contributed by atoms with van der Waals surface area (Å²) < 4.78 is 5.28. The Morgan fingerprint density at radius 1 is 0.844 bits per heavy atom. The van der Waals surface area contributed by atoms with Crippen molar-refractivity contribution in [3.8, 4) is 5.75 Å². The van der Waals surface area contributed by atoms with Crippen LogP contribution < -0.4 is 14.7 Å². The van der Waals surface area contributed by atoms with Gasteiger partial charge in [-0.15, -0.1) is 0 Å². The zero-order valence-electron chi connectivity index (χ0n) is 17.6. The number of methoxy groups -OCH3 is 1. The van der Waals surface area contributed by atoms with Crippen LogP contribution in [0.4, 0.5) is 11.4 Å². The fraction of sp³-hybridized carbons (Fsp3) is 0.200. The number of ether oxygens (including phenoxy) is 1. The molecule has 7 heteroatoms. The van der Waals surface area contributed by atoms with Crippen LogP contribution in [-0.2, 0) is 14.4 Å². The summed E-state index contributed by atoms with van der Waals surface area (Å²) >= 11 is 6.06. The highest BCUT2D eigenvalue weighted by molar-refractivity contribution is 6.30. The van der Waals surface area contributed by atoms with Crippen molar-refractivity contribution in [3.63, 3.8) is 0 Å². The largest absolute Gasteiger partial charge is 0.497 e. The number of nitrogens with zero attached hydrogens (tertiary/aromatic N) is 2. The lowest BCUT2D eigenvalue weighted by Crippen LogP contribution is -2.37. The minimum absolute atomic E-state index is 0.277. The summed E-state index contributed by atoms with van der Waals surface area (Å²) in [7, 11) is 1.60. The van der Waals surface area contributed by atoms with E-state index in [1.807, 2.05) is 55.5 Å². The van der Waals surface area contributed by atoms with Gasteiger partial charge in [0.05, 0.1) is 24.5 Å². The highest BCUT2D eigenvalue weighted by Gasteiger charge is 2.60. The molecule has 0 N–H and O–H groups in total. The van der Waals surface area contributed by atoms with E-state index in [2.05, 4.69) is 0 Å². The van der Waals surface area contributed by atoms with Crippen LogP contribution in [0.5, 0.6) is 5.75 Å². The molecule has 0 aliphatic carbocycles. The van der Waals surface area contributed by atoms with Gasteiger partial charge in [-0.05, 0) is 61.0 Å². The molecular formula is C25H21ClN2O4. The van der Waals surface area contributed by atoms with Gasteiger partial charge in [0.25, 0.3) is 5.91 Å². The van der Waals surface area contributed by atoms with Crippen LogP contribution in [0, 0.1) is 12.8 Å². The molecule has 0 saturated carbocycles. The Morgan fingerprint density at radius 3 is 2.09 bits per heavy atom. The molecule has 3 aromatic rings.